The zero-order chi connectivity index (χ0) is 15.0. The van der Waals surface area contributed by atoms with E-state index < -0.39 is 15.9 Å². The van der Waals surface area contributed by atoms with Gasteiger partial charge in [0, 0.05) is 18.9 Å². The predicted molar refractivity (Wildman–Crippen MR) is 81.9 cm³/mol. The van der Waals surface area contributed by atoms with E-state index in [0.29, 0.717) is 12.8 Å². The van der Waals surface area contributed by atoms with Gasteiger partial charge in [-0.15, -0.1) is 0 Å². The molecule has 0 spiro atoms. The number of rotatable bonds is 4. The van der Waals surface area contributed by atoms with Crippen LogP contribution in [0.5, 0.6) is 0 Å². The second-order valence-corrected chi connectivity index (χ2v) is 7.92. The van der Waals surface area contributed by atoms with Crippen LogP contribution in [0.25, 0.3) is 11.0 Å². The molecule has 1 saturated heterocycles. The molecule has 0 amide bonds. The van der Waals surface area contributed by atoms with Crippen molar-refractivity contribution in [3.05, 3.63) is 30.1 Å². The summed E-state index contributed by atoms with van der Waals surface area (Å²) in [5, 5.41) is 10.4. The van der Waals surface area contributed by atoms with Crippen molar-refractivity contribution < 1.29 is 13.5 Å². The number of fused-ring (bicyclic) bond motifs is 1. The third kappa shape index (κ3) is 2.82. The van der Waals surface area contributed by atoms with Gasteiger partial charge in [0.25, 0.3) is 0 Å². The van der Waals surface area contributed by atoms with Crippen LogP contribution in [-0.4, -0.2) is 40.7 Å². The van der Waals surface area contributed by atoms with Crippen molar-refractivity contribution in [1.29, 1.82) is 0 Å². The summed E-state index contributed by atoms with van der Waals surface area (Å²) in [6, 6.07) is 7.89. The molecule has 0 bridgehead atoms. The topological polar surface area (TPSA) is 72.2 Å². The summed E-state index contributed by atoms with van der Waals surface area (Å²) in [6.45, 7) is 2.83. The predicted octanol–water partition coefficient (Wildman–Crippen LogP) is 1.39. The zero-order valence-corrected chi connectivity index (χ0v) is 12.9. The first-order chi connectivity index (χ1) is 10.00. The number of aromatic nitrogens is 2. The molecule has 114 valence electrons. The fourth-order valence-electron chi connectivity index (χ4n) is 3.12. The van der Waals surface area contributed by atoms with E-state index in [2.05, 4.69) is 9.55 Å². The highest BCUT2D eigenvalue weighted by Crippen LogP contribution is 2.25. The Balaban J connectivity index is 1.84. The molecule has 3 rings (SSSR count). The molecule has 1 fully saturated rings. The van der Waals surface area contributed by atoms with Crippen LogP contribution in [0.15, 0.2) is 24.3 Å². The lowest BCUT2D eigenvalue weighted by Crippen LogP contribution is -2.25. The Kier molecular flexibility index (Phi) is 3.75. The molecule has 0 aliphatic carbocycles. The molecule has 6 heteroatoms. The number of aliphatic hydroxyl groups is 1. The Bertz CT molecular complexity index is 751. The van der Waals surface area contributed by atoms with Crippen LogP contribution in [-0.2, 0) is 22.8 Å². The minimum absolute atomic E-state index is 0.0977. The molecule has 2 aromatic rings. The zero-order valence-electron chi connectivity index (χ0n) is 12.1. The molecule has 2 heterocycles. The van der Waals surface area contributed by atoms with Gasteiger partial charge in [0.15, 0.2) is 9.84 Å². The molecule has 5 nitrogen and oxygen atoms in total. The average Bonchev–Trinajstić information content (AvgIpc) is 2.98. The van der Waals surface area contributed by atoms with Gasteiger partial charge in [-0.25, -0.2) is 13.4 Å². The first-order valence-corrected chi connectivity index (χ1v) is 9.15. The smallest absolute Gasteiger partial charge is 0.150 e. The molecule has 2 atom stereocenters. The van der Waals surface area contributed by atoms with Crippen LogP contribution >= 0.6 is 0 Å². The van der Waals surface area contributed by atoms with E-state index in [4.69, 9.17) is 0 Å². The fourth-order valence-corrected chi connectivity index (χ4v) is 4.98. The Morgan fingerprint density at radius 2 is 2.19 bits per heavy atom. The highest BCUT2D eigenvalue weighted by Gasteiger charge is 2.33. The van der Waals surface area contributed by atoms with E-state index in [1.807, 2.05) is 31.2 Å². The molecule has 1 aliphatic rings. The monoisotopic (exact) mass is 308 g/mol. The largest absolute Gasteiger partial charge is 0.392 e. The maximum atomic E-state index is 11.5. The van der Waals surface area contributed by atoms with E-state index in [1.54, 1.807) is 0 Å². The third-order valence-electron chi connectivity index (χ3n) is 4.25. The first kappa shape index (κ1) is 14.5. The second kappa shape index (κ2) is 5.42. The van der Waals surface area contributed by atoms with Gasteiger partial charge in [-0.05, 0) is 25.5 Å². The normalized spacial score (nSPS) is 22.7. The third-order valence-corrected chi connectivity index (χ3v) is 6.05. The van der Waals surface area contributed by atoms with E-state index in [0.717, 1.165) is 23.4 Å². The summed E-state index contributed by atoms with van der Waals surface area (Å²) in [6.07, 6.45) is 0.308. The number of benzene rings is 1. The summed E-state index contributed by atoms with van der Waals surface area (Å²) in [5.74, 6) is 0.954. The number of hydrogen-bond acceptors (Lipinski definition) is 4. The molecule has 2 unspecified atom stereocenters. The first-order valence-electron chi connectivity index (χ1n) is 7.33. The number of para-hydroxylation sites is 2. The minimum Gasteiger partial charge on any atom is -0.392 e. The maximum absolute atomic E-state index is 11.5. The average molecular weight is 308 g/mol. The number of sulfone groups is 1. The van der Waals surface area contributed by atoms with Crippen LogP contribution in [0, 0.1) is 5.92 Å². The Hall–Kier alpha value is -1.40. The number of aryl methyl sites for hydroxylation is 1. The summed E-state index contributed by atoms with van der Waals surface area (Å²) in [4.78, 5) is 4.58. The van der Waals surface area contributed by atoms with Crippen molar-refractivity contribution in [3.8, 4) is 0 Å². The fraction of sp³-hybridized carbons (Fsp3) is 0.533. The van der Waals surface area contributed by atoms with Crippen molar-refractivity contribution in [1.82, 2.24) is 9.55 Å². The van der Waals surface area contributed by atoms with Gasteiger partial charge >= 0.3 is 0 Å². The summed E-state index contributed by atoms with van der Waals surface area (Å²) in [5.41, 5.74) is 1.97. The molecule has 0 radical (unpaired) electrons. The van der Waals surface area contributed by atoms with Crippen molar-refractivity contribution in [2.24, 2.45) is 5.92 Å². The Labute approximate surface area is 124 Å². The van der Waals surface area contributed by atoms with E-state index in [9.17, 15) is 13.5 Å². The molecular weight excluding hydrogens is 288 g/mol. The van der Waals surface area contributed by atoms with Crippen molar-refractivity contribution >= 4 is 20.9 Å². The lowest BCUT2D eigenvalue weighted by atomic mass is 9.99. The standard InChI is InChI=1S/C15H20N2O3S/c1-2-17-13-6-4-3-5-12(13)16-15(17)9-14(18)11-7-8-21(19,20)10-11/h3-6,11,14,18H,2,7-10H2,1H3. The second-order valence-electron chi connectivity index (χ2n) is 5.70. The number of imidazole rings is 1. The van der Waals surface area contributed by atoms with Gasteiger partial charge in [-0.2, -0.15) is 0 Å². The van der Waals surface area contributed by atoms with Crippen LogP contribution in [0.4, 0.5) is 0 Å². The Morgan fingerprint density at radius 3 is 2.86 bits per heavy atom. The quantitative estimate of drug-likeness (QED) is 0.926. The van der Waals surface area contributed by atoms with Crippen molar-refractivity contribution in [2.45, 2.75) is 32.4 Å². The van der Waals surface area contributed by atoms with Gasteiger partial charge in [-0.1, -0.05) is 12.1 Å². The van der Waals surface area contributed by atoms with E-state index >= 15 is 0 Å². The van der Waals surface area contributed by atoms with Crippen LogP contribution in [0.1, 0.15) is 19.2 Å². The molecule has 0 saturated carbocycles. The van der Waals surface area contributed by atoms with Crippen LogP contribution < -0.4 is 0 Å². The Morgan fingerprint density at radius 1 is 1.43 bits per heavy atom. The van der Waals surface area contributed by atoms with Crippen molar-refractivity contribution in [3.63, 3.8) is 0 Å². The molecule has 1 aliphatic heterocycles. The van der Waals surface area contributed by atoms with Gasteiger partial charge in [-0.3, -0.25) is 0 Å². The highest BCUT2D eigenvalue weighted by atomic mass is 32.2. The number of hydrogen-bond donors (Lipinski definition) is 1. The van der Waals surface area contributed by atoms with Crippen LogP contribution in [0.3, 0.4) is 0 Å². The van der Waals surface area contributed by atoms with Gasteiger partial charge in [0.05, 0.1) is 28.6 Å². The molecule has 1 aromatic carbocycles. The maximum Gasteiger partial charge on any atom is 0.150 e. The molecule has 1 N–H and O–H groups in total. The van der Waals surface area contributed by atoms with Crippen molar-refractivity contribution in [2.75, 3.05) is 11.5 Å². The van der Waals surface area contributed by atoms with Gasteiger partial charge < -0.3 is 9.67 Å². The van der Waals surface area contributed by atoms with E-state index in [-0.39, 0.29) is 17.4 Å². The molecular formula is C15H20N2O3S. The van der Waals surface area contributed by atoms with Crippen LogP contribution in [0.2, 0.25) is 0 Å². The van der Waals surface area contributed by atoms with Gasteiger partial charge in [0.2, 0.25) is 0 Å². The van der Waals surface area contributed by atoms with Gasteiger partial charge in [0.1, 0.15) is 5.82 Å². The van der Waals surface area contributed by atoms with E-state index in [1.165, 1.54) is 0 Å². The minimum atomic E-state index is -2.96. The lowest BCUT2D eigenvalue weighted by Gasteiger charge is -2.16. The summed E-state index contributed by atoms with van der Waals surface area (Å²) >= 11 is 0. The number of nitrogens with zero attached hydrogens (tertiary/aromatic N) is 2. The highest BCUT2D eigenvalue weighted by molar-refractivity contribution is 7.91. The summed E-state index contributed by atoms with van der Waals surface area (Å²) in [7, 11) is -2.96. The summed E-state index contributed by atoms with van der Waals surface area (Å²) < 4.78 is 25.1. The lowest BCUT2D eigenvalue weighted by molar-refractivity contribution is 0.117. The molecule has 1 aromatic heterocycles. The molecule has 21 heavy (non-hydrogen) atoms. The number of aliphatic hydroxyl groups excluding tert-OH is 1. The SMILES string of the molecule is CCn1c(CC(O)C2CCS(=O)(=O)C2)nc2ccccc21.